The summed E-state index contributed by atoms with van der Waals surface area (Å²) in [6.45, 7) is 0. The van der Waals surface area contributed by atoms with Crippen LogP contribution in [0.2, 0.25) is 0 Å². The van der Waals surface area contributed by atoms with Crippen LogP contribution in [0.1, 0.15) is 0 Å². The maximum atomic E-state index is 12.4. The summed E-state index contributed by atoms with van der Waals surface area (Å²) < 4.78 is 12.4. The molecular weight excluding hydrogens is 185 g/mol. The molecule has 0 unspecified atom stereocenters. The fourth-order valence-corrected chi connectivity index (χ4v) is 0.717. The molecule has 0 spiro atoms. The lowest BCUT2D eigenvalue weighted by atomic mass is 10.4. The zero-order chi connectivity index (χ0) is 10.4. The highest BCUT2D eigenvalue weighted by atomic mass is 19.1. The van der Waals surface area contributed by atoms with Gasteiger partial charge in [0.1, 0.15) is 11.6 Å². The number of carbonyl (C=O) groups excluding carboxylic acids is 1. The van der Waals surface area contributed by atoms with E-state index in [9.17, 15) is 9.18 Å². The van der Waals surface area contributed by atoms with Gasteiger partial charge in [-0.05, 0) is 18.2 Å². The fourth-order valence-electron chi connectivity index (χ4n) is 0.717. The first-order chi connectivity index (χ1) is 6.72. The van der Waals surface area contributed by atoms with Crippen molar-refractivity contribution in [1.82, 2.24) is 4.98 Å². The van der Waals surface area contributed by atoms with Crippen LogP contribution in [0.4, 0.5) is 10.2 Å². The van der Waals surface area contributed by atoms with Crippen LogP contribution in [-0.2, 0) is 4.79 Å². The summed E-state index contributed by atoms with van der Waals surface area (Å²) in [6.07, 6.45) is 4.15. The molecule has 0 saturated heterocycles. The third-order valence-corrected chi connectivity index (χ3v) is 1.35. The molecule has 0 aromatic carbocycles. The molecule has 4 nitrogen and oxygen atoms in total. The lowest BCUT2D eigenvalue weighted by molar-refractivity contribution is -0.102. The lowest BCUT2D eigenvalue weighted by Crippen LogP contribution is -1.95. The first-order valence-corrected chi connectivity index (χ1v) is 3.81. The zero-order valence-electron chi connectivity index (χ0n) is 7.20. The van der Waals surface area contributed by atoms with E-state index in [1.165, 1.54) is 24.4 Å². The van der Waals surface area contributed by atoms with Crippen LogP contribution in [-0.4, -0.2) is 17.0 Å². The Labute approximate surface area is 80.0 Å². The Morgan fingerprint density at radius 2 is 2.36 bits per heavy atom. The van der Waals surface area contributed by atoms with E-state index in [4.69, 9.17) is 5.41 Å². The normalized spacial score (nSPS) is 10.1. The van der Waals surface area contributed by atoms with Gasteiger partial charge >= 0.3 is 0 Å². The van der Waals surface area contributed by atoms with Crippen LogP contribution < -0.4 is 5.32 Å². The molecule has 0 aliphatic carbocycles. The largest absolute Gasteiger partial charge is 0.347 e. The Kier molecular flexibility index (Phi) is 3.49. The van der Waals surface area contributed by atoms with E-state index in [1.807, 2.05) is 0 Å². The first kappa shape index (κ1) is 10.0. The number of nitrogens with one attached hydrogen (secondary N) is 2. The Morgan fingerprint density at radius 1 is 1.57 bits per heavy atom. The Balaban J connectivity index is 2.53. The molecule has 0 aliphatic heterocycles. The van der Waals surface area contributed by atoms with Crippen molar-refractivity contribution in [3.63, 3.8) is 0 Å². The maximum Gasteiger partial charge on any atom is 0.167 e. The molecule has 2 N–H and O–H groups in total. The van der Waals surface area contributed by atoms with Crippen LogP contribution in [0, 0.1) is 11.2 Å². The van der Waals surface area contributed by atoms with E-state index < -0.39 is 5.82 Å². The van der Waals surface area contributed by atoms with Crippen molar-refractivity contribution in [1.29, 1.82) is 5.41 Å². The molecule has 1 heterocycles. The summed E-state index contributed by atoms with van der Waals surface area (Å²) in [5.74, 6) is 0.0292. The van der Waals surface area contributed by atoms with Crippen molar-refractivity contribution in [2.75, 3.05) is 5.32 Å². The van der Waals surface area contributed by atoms with Gasteiger partial charge in [0.15, 0.2) is 6.29 Å². The van der Waals surface area contributed by atoms with Crippen molar-refractivity contribution >= 4 is 17.8 Å². The number of allylic oxidation sites excluding steroid dienone is 1. The Morgan fingerprint density at radius 3 is 2.93 bits per heavy atom. The average molecular weight is 193 g/mol. The quantitative estimate of drug-likeness (QED) is 0.560. The van der Waals surface area contributed by atoms with Gasteiger partial charge in [-0.2, -0.15) is 0 Å². The van der Waals surface area contributed by atoms with Crippen LogP contribution >= 0.6 is 0 Å². The topological polar surface area (TPSA) is 65.8 Å². The number of hydrogen-bond donors (Lipinski definition) is 2. The van der Waals surface area contributed by atoms with Crippen LogP contribution in [0.5, 0.6) is 0 Å². The van der Waals surface area contributed by atoms with Gasteiger partial charge in [-0.15, -0.1) is 0 Å². The van der Waals surface area contributed by atoms with Gasteiger partial charge in [0.05, 0.1) is 11.9 Å². The number of nitrogens with zero attached hydrogens (tertiary/aromatic N) is 1. The highest BCUT2D eigenvalue weighted by Crippen LogP contribution is 2.02. The molecule has 14 heavy (non-hydrogen) atoms. The molecule has 0 saturated carbocycles. The molecule has 1 aromatic rings. The highest BCUT2D eigenvalue weighted by Gasteiger charge is 1.91. The summed E-state index contributed by atoms with van der Waals surface area (Å²) in [5.41, 5.74) is -0.153. The number of aromatic nitrogens is 1. The predicted octanol–water partition coefficient (Wildman–Crippen LogP) is 1.36. The Bertz CT molecular complexity index is 359. The Hall–Kier alpha value is -2.04. The average Bonchev–Trinajstić information content (AvgIpc) is 2.21. The summed E-state index contributed by atoms with van der Waals surface area (Å²) in [5, 5.41) is 9.64. The smallest absolute Gasteiger partial charge is 0.167 e. The van der Waals surface area contributed by atoms with Crippen molar-refractivity contribution in [2.45, 2.75) is 0 Å². The highest BCUT2D eigenvalue weighted by molar-refractivity contribution is 6.32. The van der Waals surface area contributed by atoms with E-state index in [1.54, 1.807) is 0 Å². The van der Waals surface area contributed by atoms with Crippen molar-refractivity contribution in [3.8, 4) is 0 Å². The number of pyridine rings is 1. The monoisotopic (exact) mass is 193 g/mol. The minimum absolute atomic E-state index is 0.153. The van der Waals surface area contributed by atoms with E-state index in [2.05, 4.69) is 10.3 Å². The number of carbonyl (C=O) groups is 1. The molecular formula is C9H8FN3O. The molecule has 1 rings (SSSR count). The molecule has 0 radical (unpaired) electrons. The van der Waals surface area contributed by atoms with Crippen LogP contribution in [0.15, 0.2) is 30.6 Å². The molecule has 0 bridgehead atoms. The maximum absolute atomic E-state index is 12.4. The summed E-state index contributed by atoms with van der Waals surface area (Å²) in [4.78, 5) is 13.7. The minimum atomic E-state index is -0.417. The second-order valence-corrected chi connectivity index (χ2v) is 2.41. The third kappa shape index (κ3) is 3.14. The molecule has 0 fully saturated rings. The first-order valence-electron chi connectivity index (χ1n) is 3.81. The van der Waals surface area contributed by atoms with E-state index >= 15 is 0 Å². The van der Waals surface area contributed by atoms with Gasteiger partial charge in [-0.3, -0.25) is 10.2 Å². The zero-order valence-corrected chi connectivity index (χ0v) is 7.20. The van der Waals surface area contributed by atoms with Crippen LogP contribution in [0.25, 0.3) is 0 Å². The molecule has 0 amide bonds. The molecule has 5 heteroatoms. The number of anilines is 1. The minimum Gasteiger partial charge on any atom is -0.347 e. The third-order valence-electron chi connectivity index (χ3n) is 1.35. The van der Waals surface area contributed by atoms with Crippen molar-refractivity contribution in [2.24, 2.45) is 0 Å². The van der Waals surface area contributed by atoms with E-state index in [-0.39, 0.29) is 5.71 Å². The molecule has 72 valence electrons. The van der Waals surface area contributed by atoms with E-state index in [0.717, 1.165) is 6.20 Å². The summed E-state index contributed by atoms with van der Waals surface area (Å²) in [6, 6.07) is 2.71. The fraction of sp³-hybridized carbons (Fsp3) is 0. The second-order valence-electron chi connectivity index (χ2n) is 2.41. The second kappa shape index (κ2) is 4.86. The van der Waals surface area contributed by atoms with Gasteiger partial charge in [0, 0.05) is 6.20 Å². The van der Waals surface area contributed by atoms with Gasteiger partial charge in [-0.1, -0.05) is 0 Å². The number of aldehydes is 1. The van der Waals surface area contributed by atoms with E-state index in [0.29, 0.717) is 12.1 Å². The number of rotatable bonds is 4. The van der Waals surface area contributed by atoms with Gasteiger partial charge in [0.25, 0.3) is 0 Å². The van der Waals surface area contributed by atoms with Gasteiger partial charge < -0.3 is 5.32 Å². The number of hydrogen-bond acceptors (Lipinski definition) is 4. The molecule has 1 aromatic heterocycles. The lowest BCUT2D eigenvalue weighted by Gasteiger charge is -1.97. The van der Waals surface area contributed by atoms with Crippen LogP contribution in [0.3, 0.4) is 0 Å². The summed E-state index contributed by atoms with van der Waals surface area (Å²) in [7, 11) is 0. The van der Waals surface area contributed by atoms with Gasteiger partial charge in [0.2, 0.25) is 0 Å². The molecule has 0 atom stereocenters. The van der Waals surface area contributed by atoms with Crippen molar-refractivity contribution < 1.29 is 9.18 Å². The number of halogens is 1. The predicted molar refractivity (Wildman–Crippen MR) is 50.7 cm³/mol. The SMILES string of the molecule is N=C(C=O)/C=C\Nc1ccc(F)cn1. The van der Waals surface area contributed by atoms with Crippen molar-refractivity contribution in [3.05, 3.63) is 36.4 Å². The summed E-state index contributed by atoms with van der Waals surface area (Å²) >= 11 is 0. The molecule has 0 aliphatic rings. The standard InChI is InChI=1S/C9H8FN3O/c10-7-1-2-9(13-5-7)12-4-3-8(11)6-14/h1-6,11H,(H,12,13)/b4-3-,11-8?. The van der Waals surface area contributed by atoms with Gasteiger partial charge in [-0.25, -0.2) is 9.37 Å².